The highest BCUT2D eigenvalue weighted by atomic mass is 16.3. The fraction of sp³-hybridized carbons (Fsp3) is 0.122. The highest BCUT2D eigenvalue weighted by molar-refractivity contribution is 5.76. The molecule has 0 atom stereocenters. The van der Waals surface area contributed by atoms with Crippen LogP contribution in [-0.2, 0) is 0 Å². The van der Waals surface area contributed by atoms with E-state index in [1.165, 1.54) is 0 Å². The molecule has 9 nitrogen and oxygen atoms in total. The molecule has 0 spiro atoms. The lowest BCUT2D eigenvalue weighted by Gasteiger charge is -2.17. The SMILES string of the molecule is Cc1cc(Nc2ccc(Nc3ccc(Nc4ccc(Nc5ccc(Nc6ccc(NNc7cccc(C#N)c7)cc6C)cc5C)cc4C)cc3C)cc2C)ccc1O. The fourth-order valence-corrected chi connectivity index (χ4v) is 6.73. The molecule has 7 aromatic carbocycles. The van der Waals surface area contributed by atoms with Crippen LogP contribution in [0.25, 0.3) is 0 Å². The summed E-state index contributed by atoms with van der Waals surface area (Å²) in [7, 11) is 0. The lowest BCUT2D eigenvalue weighted by molar-refractivity contribution is 0.471. The zero-order chi connectivity index (χ0) is 40.8. The van der Waals surface area contributed by atoms with Crippen LogP contribution >= 0.6 is 0 Å². The molecule has 0 aromatic heterocycles. The van der Waals surface area contributed by atoms with Gasteiger partial charge in [0.2, 0.25) is 0 Å². The summed E-state index contributed by atoms with van der Waals surface area (Å²) >= 11 is 0. The molecule has 7 rings (SSSR count). The number of nitrogens with zero attached hydrogens (tertiary/aromatic N) is 1. The van der Waals surface area contributed by atoms with Crippen LogP contribution in [0.4, 0.5) is 68.2 Å². The van der Waals surface area contributed by atoms with Crippen LogP contribution in [0.2, 0.25) is 0 Å². The van der Waals surface area contributed by atoms with Gasteiger partial charge < -0.3 is 42.5 Å². The van der Waals surface area contributed by atoms with Gasteiger partial charge in [-0.15, -0.1) is 0 Å². The molecule has 7 aromatic rings. The molecule has 0 bridgehead atoms. The predicted molar refractivity (Wildman–Crippen MR) is 244 cm³/mol. The average Bonchev–Trinajstić information content (AvgIpc) is 3.20. The number of nitrogens with one attached hydrogen (secondary N) is 7. The average molecular weight is 765 g/mol. The summed E-state index contributed by atoms with van der Waals surface area (Å²) in [5.41, 5.74) is 25.3. The van der Waals surface area contributed by atoms with Crippen molar-refractivity contribution in [2.75, 3.05) is 37.4 Å². The van der Waals surface area contributed by atoms with Crippen molar-refractivity contribution in [3.63, 3.8) is 0 Å². The van der Waals surface area contributed by atoms with Crippen LogP contribution in [0.15, 0.2) is 133 Å². The van der Waals surface area contributed by atoms with E-state index in [4.69, 9.17) is 5.26 Å². The molecule has 0 heterocycles. The van der Waals surface area contributed by atoms with Crippen molar-refractivity contribution in [2.45, 2.75) is 41.5 Å². The smallest absolute Gasteiger partial charge is 0.118 e. The van der Waals surface area contributed by atoms with Crippen molar-refractivity contribution >= 4 is 68.2 Å². The molecule has 0 unspecified atom stereocenters. The van der Waals surface area contributed by atoms with E-state index in [9.17, 15) is 5.11 Å². The molecule has 290 valence electrons. The van der Waals surface area contributed by atoms with Gasteiger partial charge in [-0.3, -0.25) is 0 Å². The van der Waals surface area contributed by atoms with Crippen molar-refractivity contribution in [3.8, 4) is 11.8 Å². The monoisotopic (exact) mass is 764 g/mol. The van der Waals surface area contributed by atoms with Crippen molar-refractivity contribution in [1.82, 2.24) is 0 Å². The summed E-state index contributed by atoms with van der Waals surface area (Å²) in [5, 5.41) is 36.8. The lowest BCUT2D eigenvalue weighted by atomic mass is 10.1. The summed E-state index contributed by atoms with van der Waals surface area (Å²) in [6.45, 7) is 12.4. The first-order chi connectivity index (χ1) is 28.0. The third kappa shape index (κ3) is 9.44. The molecule has 9 heteroatoms. The third-order valence-electron chi connectivity index (χ3n) is 10.1. The second kappa shape index (κ2) is 17.1. The number of hydrazine groups is 1. The fourth-order valence-electron chi connectivity index (χ4n) is 6.73. The second-order valence-corrected chi connectivity index (χ2v) is 14.7. The Bertz CT molecular complexity index is 2660. The molecule has 0 saturated carbocycles. The molecule has 0 aliphatic rings. The maximum Gasteiger partial charge on any atom is 0.118 e. The van der Waals surface area contributed by atoms with Crippen LogP contribution in [0.3, 0.4) is 0 Å². The lowest BCUT2D eigenvalue weighted by Crippen LogP contribution is -2.09. The zero-order valence-corrected chi connectivity index (χ0v) is 33.6. The van der Waals surface area contributed by atoms with Crippen molar-refractivity contribution in [1.29, 1.82) is 5.26 Å². The standard InChI is InChI=1S/C49H48N8O/c1-30-22-38(52-46-18-12-40(24-32(46)3)54-48-20-14-43(26-34(48)5)57-56-42-9-7-8-36(28-42)29-50)10-16-44(30)51-37-11-17-45(31(2)23-37)53-39-13-19-47(33(4)25-39)55-41-15-21-49(58)35(6)27-41/h7-28,51-58H,1-6H3. The van der Waals surface area contributed by atoms with Gasteiger partial charge in [-0.1, -0.05) is 6.07 Å². The highest BCUT2D eigenvalue weighted by Crippen LogP contribution is 2.33. The first-order valence-corrected chi connectivity index (χ1v) is 19.2. The Kier molecular flexibility index (Phi) is 11.4. The van der Waals surface area contributed by atoms with Crippen LogP contribution in [0.5, 0.6) is 5.75 Å². The van der Waals surface area contributed by atoms with Gasteiger partial charge in [-0.2, -0.15) is 5.26 Å². The van der Waals surface area contributed by atoms with Gasteiger partial charge in [0.15, 0.2) is 0 Å². The Morgan fingerprint density at radius 3 is 1.02 bits per heavy atom. The van der Waals surface area contributed by atoms with Gasteiger partial charge in [-0.05, 0) is 202 Å². The molecule has 8 N–H and O–H groups in total. The normalized spacial score (nSPS) is 10.6. The number of phenols is 1. The number of aryl methyl sites for hydroxylation is 6. The quantitative estimate of drug-likeness (QED) is 0.0427. The van der Waals surface area contributed by atoms with Gasteiger partial charge >= 0.3 is 0 Å². The van der Waals surface area contributed by atoms with E-state index in [1.807, 2.05) is 37.3 Å². The number of aromatic hydroxyl groups is 1. The van der Waals surface area contributed by atoms with E-state index in [0.29, 0.717) is 11.3 Å². The van der Waals surface area contributed by atoms with E-state index < -0.39 is 0 Å². The van der Waals surface area contributed by atoms with Gasteiger partial charge in [0.05, 0.1) is 23.0 Å². The topological polar surface area (TPSA) is 128 Å². The number of hydrogen-bond acceptors (Lipinski definition) is 9. The Morgan fingerprint density at radius 2 is 0.672 bits per heavy atom. The Morgan fingerprint density at radius 1 is 0.362 bits per heavy atom. The van der Waals surface area contributed by atoms with Crippen LogP contribution in [0.1, 0.15) is 38.9 Å². The minimum Gasteiger partial charge on any atom is -0.508 e. The second-order valence-electron chi connectivity index (χ2n) is 14.7. The van der Waals surface area contributed by atoms with Gasteiger partial charge in [0.25, 0.3) is 0 Å². The van der Waals surface area contributed by atoms with Gasteiger partial charge in [-0.25, -0.2) is 0 Å². The number of nitriles is 1. The summed E-state index contributed by atoms with van der Waals surface area (Å²) in [6, 6.07) is 46.5. The summed E-state index contributed by atoms with van der Waals surface area (Å²) < 4.78 is 0. The Balaban J connectivity index is 0.933. The summed E-state index contributed by atoms with van der Waals surface area (Å²) in [6.07, 6.45) is 0. The molecule has 0 fully saturated rings. The maximum absolute atomic E-state index is 9.86. The first kappa shape index (κ1) is 38.7. The zero-order valence-electron chi connectivity index (χ0n) is 33.6. The van der Waals surface area contributed by atoms with Crippen molar-refractivity contribution in [3.05, 3.63) is 172 Å². The van der Waals surface area contributed by atoms with E-state index in [-0.39, 0.29) is 0 Å². The van der Waals surface area contributed by atoms with Crippen molar-refractivity contribution < 1.29 is 5.11 Å². The van der Waals surface area contributed by atoms with E-state index >= 15 is 0 Å². The number of anilines is 12. The number of benzene rings is 7. The Hall–Kier alpha value is -7.57. The molecule has 0 saturated heterocycles. The summed E-state index contributed by atoms with van der Waals surface area (Å²) in [4.78, 5) is 0. The number of rotatable bonds is 13. The molecular formula is C49H48N8O. The molecule has 58 heavy (non-hydrogen) atoms. The highest BCUT2D eigenvalue weighted by Gasteiger charge is 2.09. The van der Waals surface area contributed by atoms with Crippen LogP contribution < -0.4 is 37.4 Å². The molecule has 0 radical (unpaired) electrons. The van der Waals surface area contributed by atoms with Crippen molar-refractivity contribution in [2.24, 2.45) is 0 Å². The molecule has 0 amide bonds. The number of phenolic OH excluding ortho intramolecular Hbond substituents is 1. The minimum absolute atomic E-state index is 0.294. The largest absolute Gasteiger partial charge is 0.508 e. The van der Waals surface area contributed by atoms with Gasteiger partial charge in [0, 0.05) is 56.9 Å². The molecule has 0 aliphatic carbocycles. The van der Waals surface area contributed by atoms with E-state index in [2.05, 4.69) is 163 Å². The van der Waals surface area contributed by atoms with E-state index in [0.717, 1.165) is 102 Å². The van der Waals surface area contributed by atoms with Crippen LogP contribution in [0, 0.1) is 52.9 Å². The third-order valence-corrected chi connectivity index (χ3v) is 10.1. The predicted octanol–water partition coefficient (Wildman–Crippen LogP) is 13.3. The molecular weight excluding hydrogens is 717 g/mol. The number of hydrogen-bond donors (Lipinski definition) is 8. The Labute approximate surface area is 340 Å². The van der Waals surface area contributed by atoms with E-state index in [1.54, 1.807) is 18.2 Å². The van der Waals surface area contributed by atoms with Crippen LogP contribution in [-0.4, -0.2) is 5.11 Å². The molecule has 0 aliphatic heterocycles. The minimum atomic E-state index is 0.294. The van der Waals surface area contributed by atoms with Gasteiger partial charge in [0.1, 0.15) is 5.75 Å². The first-order valence-electron chi connectivity index (χ1n) is 19.2. The summed E-state index contributed by atoms with van der Waals surface area (Å²) in [5.74, 6) is 0.294. The maximum atomic E-state index is 9.86.